The highest BCUT2D eigenvalue weighted by atomic mass is 16.6. The van der Waals surface area contributed by atoms with Gasteiger partial charge in [-0.3, -0.25) is 19.8 Å². The van der Waals surface area contributed by atoms with E-state index in [1.165, 1.54) is 6.07 Å². The first-order valence-electron chi connectivity index (χ1n) is 6.17. The van der Waals surface area contributed by atoms with Gasteiger partial charge < -0.3 is 0 Å². The van der Waals surface area contributed by atoms with E-state index < -0.39 is 4.92 Å². The molecule has 0 aliphatic carbocycles. The van der Waals surface area contributed by atoms with Crippen LogP contribution in [-0.4, -0.2) is 35.7 Å². The van der Waals surface area contributed by atoms with Crippen LogP contribution in [0.15, 0.2) is 12.1 Å². The van der Waals surface area contributed by atoms with Crippen molar-refractivity contribution in [2.24, 2.45) is 0 Å². The zero-order chi connectivity index (χ0) is 14.7. The molecule has 0 fully saturated rings. The van der Waals surface area contributed by atoms with Gasteiger partial charge in [0.05, 0.1) is 11.0 Å². The molecule has 0 heterocycles. The normalized spacial score (nSPS) is 12.5. The summed E-state index contributed by atoms with van der Waals surface area (Å²) in [5.41, 5.74) is 2.35. The van der Waals surface area contributed by atoms with Crippen LogP contribution in [0.3, 0.4) is 0 Å². The first-order chi connectivity index (χ1) is 8.73. The van der Waals surface area contributed by atoms with E-state index in [1.54, 1.807) is 19.9 Å². The Morgan fingerprint density at radius 3 is 2.37 bits per heavy atom. The number of likely N-dealkylation sites (N-methyl/N-ethyl adjacent to an activating group) is 1. The molecule has 0 saturated carbocycles. The lowest BCUT2D eigenvalue weighted by atomic mass is 9.97. The number of hydrogen-bond donors (Lipinski definition) is 0. The van der Waals surface area contributed by atoms with Gasteiger partial charge in [0.1, 0.15) is 0 Å². The Morgan fingerprint density at radius 2 is 1.89 bits per heavy atom. The number of carbonyl (C=O) groups excluding carboxylic acids is 1. The number of rotatable bonds is 5. The van der Waals surface area contributed by atoms with Crippen molar-refractivity contribution in [1.82, 2.24) is 4.90 Å². The van der Waals surface area contributed by atoms with Crippen LogP contribution < -0.4 is 0 Å². The van der Waals surface area contributed by atoms with Crippen molar-refractivity contribution >= 4 is 11.5 Å². The smallest absolute Gasteiger partial charge is 0.272 e. The van der Waals surface area contributed by atoms with Gasteiger partial charge in [0.25, 0.3) is 5.69 Å². The van der Waals surface area contributed by atoms with Gasteiger partial charge >= 0.3 is 0 Å². The molecule has 19 heavy (non-hydrogen) atoms. The fraction of sp³-hybridized carbons (Fsp3) is 0.500. The van der Waals surface area contributed by atoms with Gasteiger partial charge in [-0.15, -0.1) is 0 Å². The molecule has 0 saturated heterocycles. The standard InChI is InChI=1S/C14H20N2O3/c1-9-7-13(16(18)19)10(2)6-12(9)8-14(17)11(3)15(4)5/h6-7,11H,8H2,1-5H3. The molecule has 0 spiro atoms. The van der Waals surface area contributed by atoms with Crippen LogP contribution in [0.1, 0.15) is 23.6 Å². The maximum atomic E-state index is 12.1. The first-order valence-corrected chi connectivity index (χ1v) is 6.17. The van der Waals surface area contributed by atoms with Crippen LogP contribution in [0.4, 0.5) is 5.69 Å². The molecule has 1 aromatic rings. The summed E-state index contributed by atoms with van der Waals surface area (Å²) in [7, 11) is 3.72. The van der Waals surface area contributed by atoms with Crippen LogP contribution in [0, 0.1) is 24.0 Å². The van der Waals surface area contributed by atoms with Gasteiger partial charge in [-0.1, -0.05) is 0 Å². The second-order valence-corrected chi connectivity index (χ2v) is 5.10. The van der Waals surface area contributed by atoms with Crippen LogP contribution in [0.2, 0.25) is 0 Å². The minimum Gasteiger partial charge on any atom is -0.300 e. The lowest BCUT2D eigenvalue weighted by molar-refractivity contribution is -0.385. The summed E-state index contributed by atoms with van der Waals surface area (Å²) in [4.78, 5) is 24.4. The summed E-state index contributed by atoms with van der Waals surface area (Å²) < 4.78 is 0. The Morgan fingerprint density at radius 1 is 1.32 bits per heavy atom. The van der Waals surface area contributed by atoms with E-state index in [0.29, 0.717) is 12.0 Å². The average molecular weight is 264 g/mol. The van der Waals surface area contributed by atoms with Crippen molar-refractivity contribution in [2.45, 2.75) is 33.2 Å². The number of carbonyl (C=O) groups is 1. The lowest BCUT2D eigenvalue weighted by Gasteiger charge is -2.18. The van der Waals surface area contributed by atoms with Crippen LogP contribution in [0.5, 0.6) is 0 Å². The Balaban J connectivity index is 3.01. The van der Waals surface area contributed by atoms with Crippen LogP contribution >= 0.6 is 0 Å². The van der Waals surface area contributed by atoms with Crippen molar-refractivity contribution in [1.29, 1.82) is 0 Å². The van der Waals surface area contributed by atoms with Gasteiger partial charge in [0.15, 0.2) is 5.78 Å². The molecule has 104 valence electrons. The van der Waals surface area contributed by atoms with Gasteiger partial charge in [-0.25, -0.2) is 0 Å². The second kappa shape index (κ2) is 5.93. The first kappa shape index (κ1) is 15.3. The molecule has 5 heteroatoms. The molecule has 5 nitrogen and oxygen atoms in total. The second-order valence-electron chi connectivity index (χ2n) is 5.10. The van der Waals surface area contributed by atoms with Crippen LogP contribution in [0.25, 0.3) is 0 Å². The number of ketones is 1. The molecule has 1 unspecified atom stereocenters. The van der Waals surface area contributed by atoms with Gasteiger partial charge in [-0.2, -0.15) is 0 Å². The monoisotopic (exact) mass is 264 g/mol. The number of Topliss-reactive ketones (excluding diaryl/α,β-unsaturated/α-hetero) is 1. The summed E-state index contributed by atoms with van der Waals surface area (Å²) in [6, 6.07) is 3.13. The van der Waals surface area contributed by atoms with E-state index in [4.69, 9.17) is 0 Å². The van der Waals surface area contributed by atoms with Crippen molar-refractivity contribution in [3.63, 3.8) is 0 Å². The maximum Gasteiger partial charge on any atom is 0.272 e. The number of nitrogens with zero attached hydrogens (tertiary/aromatic N) is 2. The third-order valence-corrected chi connectivity index (χ3v) is 3.46. The Hall–Kier alpha value is -1.75. The predicted molar refractivity (Wildman–Crippen MR) is 74.4 cm³/mol. The summed E-state index contributed by atoms with van der Waals surface area (Å²) in [6.07, 6.45) is 0.310. The molecule has 1 aromatic carbocycles. The summed E-state index contributed by atoms with van der Waals surface area (Å²) in [5, 5.41) is 10.8. The molecule has 0 radical (unpaired) electrons. The molecular weight excluding hydrogens is 244 g/mol. The zero-order valence-corrected chi connectivity index (χ0v) is 12.1. The van der Waals surface area contributed by atoms with E-state index in [-0.39, 0.29) is 17.5 Å². The average Bonchev–Trinajstić information content (AvgIpc) is 2.31. The van der Waals surface area contributed by atoms with E-state index in [1.807, 2.05) is 25.9 Å². The van der Waals surface area contributed by atoms with Gasteiger partial charge in [0.2, 0.25) is 0 Å². The Labute approximate surface area is 113 Å². The molecule has 0 aliphatic rings. The van der Waals surface area contributed by atoms with E-state index in [0.717, 1.165) is 11.1 Å². The molecule has 0 amide bonds. The highest BCUT2D eigenvalue weighted by Gasteiger charge is 2.19. The van der Waals surface area contributed by atoms with Crippen LogP contribution in [-0.2, 0) is 11.2 Å². The molecular formula is C14H20N2O3. The minimum atomic E-state index is -0.392. The van der Waals surface area contributed by atoms with Crippen molar-refractivity contribution in [2.75, 3.05) is 14.1 Å². The quantitative estimate of drug-likeness (QED) is 0.604. The number of hydrogen-bond acceptors (Lipinski definition) is 4. The third kappa shape index (κ3) is 3.61. The number of benzene rings is 1. The van der Waals surface area contributed by atoms with E-state index in [9.17, 15) is 14.9 Å². The van der Waals surface area contributed by atoms with Gasteiger partial charge in [-0.05, 0) is 52.1 Å². The number of aryl methyl sites for hydroxylation is 2. The highest BCUT2D eigenvalue weighted by molar-refractivity contribution is 5.86. The molecule has 0 N–H and O–H groups in total. The molecule has 1 rings (SSSR count). The Bertz CT molecular complexity index is 510. The van der Waals surface area contributed by atoms with E-state index >= 15 is 0 Å². The summed E-state index contributed by atoms with van der Waals surface area (Å²) >= 11 is 0. The predicted octanol–water partition coefficient (Wildman–Crippen LogP) is 2.27. The van der Waals surface area contributed by atoms with Crippen molar-refractivity contribution < 1.29 is 9.72 Å². The maximum absolute atomic E-state index is 12.1. The molecule has 0 bridgehead atoms. The molecule has 0 aliphatic heterocycles. The fourth-order valence-electron chi connectivity index (χ4n) is 1.87. The fourth-order valence-corrected chi connectivity index (χ4v) is 1.87. The SMILES string of the molecule is Cc1cc([N+](=O)[O-])c(C)cc1CC(=O)C(C)N(C)C. The largest absolute Gasteiger partial charge is 0.300 e. The Kier molecular flexibility index (Phi) is 4.78. The zero-order valence-electron chi connectivity index (χ0n) is 12.1. The molecule has 1 atom stereocenters. The highest BCUT2D eigenvalue weighted by Crippen LogP contribution is 2.23. The summed E-state index contributed by atoms with van der Waals surface area (Å²) in [5.74, 6) is 0.112. The lowest BCUT2D eigenvalue weighted by Crippen LogP contribution is -2.34. The summed E-state index contributed by atoms with van der Waals surface area (Å²) in [6.45, 7) is 5.35. The van der Waals surface area contributed by atoms with Crippen molar-refractivity contribution in [3.8, 4) is 0 Å². The van der Waals surface area contributed by atoms with Gasteiger partial charge in [0, 0.05) is 18.1 Å². The van der Waals surface area contributed by atoms with Crippen molar-refractivity contribution in [3.05, 3.63) is 38.9 Å². The minimum absolute atomic E-state index is 0.106. The number of nitro benzene ring substituents is 1. The number of nitro groups is 1. The topological polar surface area (TPSA) is 63.5 Å². The third-order valence-electron chi connectivity index (χ3n) is 3.46. The van der Waals surface area contributed by atoms with E-state index in [2.05, 4.69) is 0 Å². The molecule has 0 aromatic heterocycles.